The smallest absolute Gasteiger partial charge is 0.251 e. The van der Waals surface area contributed by atoms with Crippen LogP contribution in [-0.4, -0.2) is 25.5 Å². The van der Waals surface area contributed by atoms with Crippen molar-refractivity contribution in [3.63, 3.8) is 0 Å². The first-order valence-corrected chi connectivity index (χ1v) is 6.46. The molecule has 0 bridgehead atoms. The molecule has 0 spiro atoms. The molecule has 5 heteroatoms. The van der Waals surface area contributed by atoms with E-state index in [1.54, 1.807) is 43.5 Å². The van der Waals surface area contributed by atoms with Gasteiger partial charge in [-0.15, -0.1) is 0 Å². The van der Waals surface area contributed by atoms with Crippen molar-refractivity contribution in [2.45, 2.75) is 0 Å². The lowest BCUT2D eigenvalue weighted by Crippen LogP contribution is -2.32. The topological polar surface area (TPSA) is 67.4 Å². The van der Waals surface area contributed by atoms with Gasteiger partial charge < -0.3 is 15.4 Å². The van der Waals surface area contributed by atoms with Crippen LogP contribution >= 0.6 is 0 Å². The van der Waals surface area contributed by atoms with Crippen LogP contribution in [0.3, 0.4) is 0 Å². The van der Waals surface area contributed by atoms with Crippen molar-refractivity contribution in [1.29, 1.82) is 0 Å². The van der Waals surface area contributed by atoms with Crippen molar-refractivity contribution in [2.75, 3.05) is 19.0 Å². The average Bonchev–Trinajstić information content (AvgIpc) is 2.53. The van der Waals surface area contributed by atoms with Gasteiger partial charge in [-0.2, -0.15) is 0 Å². The third kappa shape index (κ3) is 4.35. The Morgan fingerprint density at radius 3 is 2.29 bits per heavy atom. The number of hydrogen-bond acceptors (Lipinski definition) is 3. The van der Waals surface area contributed by atoms with Gasteiger partial charge in [0.05, 0.1) is 13.7 Å². The number of nitrogens with one attached hydrogen (secondary N) is 2. The van der Waals surface area contributed by atoms with Crippen LogP contribution in [0.4, 0.5) is 5.69 Å². The maximum atomic E-state index is 11.9. The van der Waals surface area contributed by atoms with E-state index in [0.717, 1.165) is 0 Å². The summed E-state index contributed by atoms with van der Waals surface area (Å²) < 4.78 is 5.02. The minimum atomic E-state index is -0.305. The molecule has 0 fully saturated rings. The molecule has 0 atom stereocenters. The fraction of sp³-hybridized carbons (Fsp3) is 0.125. The van der Waals surface area contributed by atoms with E-state index >= 15 is 0 Å². The molecule has 0 saturated heterocycles. The van der Waals surface area contributed by atoms with Crippen molar-refractivity contribution in [1.82, 2.24) is 5.32 Å². The Balaban J connectivity index is 1.84. The maximum Gasteiger partial charge on any atom is 0.251 e. The lowest BCUT2D eigenvalue weighted by Gasteiger charge is -2.07. The summed E-state index contributed by atoms with van der Waals surface area (Å²) >= 11 is 0. The predicted octanol–water partition coefficient (Wildman–Crippen LogP) is 2.06. The Morgan fingerprint density at radius 2 is 1.67 bits per heavy atom. The number of anilines is 1. The van der Waals surface area contributed by atoms with Gasteiger partial charge in [0.25, 0.3) is 5.91 Å². The lowest BCUT2D eigenvalue weighted by atomic mass is 10.2. The summed E-state index contributed by atoms with van der Waals surface area (Å²) in [7, 11) is 1.56. The van der Waals surface area contributed by atoms with Crippen molar-refractivity contribution in [3.8, 4) is 5.75 Å². The van der Waals surface area contributed by atoms with Gasteiger partial charge in [0, 0.05) is 11.3 Å². The van der Waals surface area contributed by atoms with Gasteiger partial charge in [-0.1, -0.05) is 18.2 Å². The van der Waals surface area contributed by atoms with E-state index < -0.39 is 0 Å². The number of carbonyl (C=O) groups excluding carboxylic acids is 2. The molecule has 2 amide bonds. The molecule has 0 heterocycles. The average molecular weight is 284 g/mol. The third-order valence-electron chi connectivity index (χ3n) is 2.82. The van der Waals surface area contributed by atoms with E-state index in [-0.39, 0.29) is 18.4 Å². The SMILES string of the molecule is COc1ccc(C(=O)NCC(=O)Nc2ccccc2)cc1. The molecule has 0 aliphatic carbocycles. The Kier molecular flexibility index (Phi) is 4.93. The van der Waals surface area contributed by atoms with Gasteiger partial charge in [0.15, 0.2) is 0 Å². The second kappa shape index (κ2) is 7.09. The molecule has 21 heavy (non-hydrogen) atoms. The lowest BCUT2D eigenvalue weighted by molar-refractivity contribution is -0.115. The molecule has 2 aromatic carbocycles. The first-order valence-electron chi connectivity index (χ1n) is 6.46. The second-order valence-electron chi connectivity index (χ2n) is 4.33. The molecule has 0 aliphatic rings. The monoisotopic (exact) mass is 284 g/mol. The van der Waals surface area contributed by atoms with Gasteiger partial charge in [-0.05, 0) is 36.4 Å². The highest BCUT2D eigenvalue weighted by Crippen LogP contribution is 2.11. The first kappa shape index (κ1) is 14.6. The van der Waals surface area contributed by atoms with Gasteiger partial charge in [0.2, 0.25) is 5.91 Å². The zero-order valence-electron chi connectivity index (χ0n) is 11.6. The van der Waals surface area contributed by atoms with Gasteiger partial charge in [-0.3, -0.25) is 9.59 Å². The molecule has 2 aromatic rings. The van der Waals surface area contributed by atoms with Crippen molar-refractivity contribution in [2.24, 2.45) is 0 Å². The summed E-state index contributed by atoms with van der Waals surface area (Å²) in [6.45, 7) is -0.0836. The van der Waals surface area contributed by atoms with E-state index in [1.165, 1.54) is 0 Å². The molecule has 5 nitrogen and oxygen atoms in total. The molecular weight excluding hydrogens is 268 g/mol. The molecule has 2 N–H and O–H groups in total. The van der Waals surface area contributed by atoms with Crippen LogP contribution in [0.25, 0.3) is 0 Å². The molecule has 0 aromatic heterocycles. The minimum Gasteiger partial charge on any atom is -0.497 e. The van der Waals surface area contributed by atoms with Gasteiger partial charge >= 0.3 is 0 Å². The van der Waals surface area contributed by atoms with Crippen LogP contribution in [0, 0.1) is 0 Å². The van der Waals surface area contributed by atoms with E-state index in [1.807, 2.05) is 18.2 Å². The van der Waals surface area contributed by atoms with E-state index in [9.17, 15) is 9.59 Å². The predicted molar refractivity (Wildman–Crippen MR) is 80.4 cm³/mol. The summed E-state index contributed by atoms with van der Waals surface area (Å²) in [5.74, 6) is 0.0947. The van der Waals surface area contributed by atoms with E-state index in [4.69, 9.17) is 4.74 Å². The standard InChI is InChI=1S/C16H16N2O3/c1-21-14-9-7-12(8-10-14)16(20)17-11-15(19)18-13-5-3-2-4-6-13/h2-10H,11H2,1H3,(H,17,20)(H,18,19). The number of rotatable bonds is 5. The van der Waals surface area contributed by atoms with Crippen molar-refractivity contribution in [3.05, 3.63) is 60.2 Å². The molecule has 0 aliphatic heterocycles. The summed E-state index contributed by atoms with van der Waals surface area (Å²) in [6, 6.07) is 15.7. The fourth-order valence-corrected chi connectivity index (χ4v) is 1.73. The van der Waals surface area contributed by atoms with Crippen LogP contribution in [0.2, 0.25) is 0 Å². The van der Waals surface area contributed by atoms with Crippen molar-refractivity contribution < 1.29 is 14.3 Å². The Labute approximate surface area is 122 Å². The van der Waals surface area contributed by atoms with Crippen molar-refractivity contribution >= 4 is 17.5 Å². The number of hydrogen-bond donors (Lipinski definition) is 2. The molecule has 0 unspecified atom stereocenters. The number of methoxy groups -OCH3 is 1. The van der Waals surface area contributed by atoms with Gasteiger partial charge in [0.1, 0.15) is 5.75 Å². The van der Waals surface area contributed by atoms with Crippen LogP contribution in [0.1, 0.15) is 10.4 Å². The minimum absolute atomic E-state index is 0.0836. The van der Waals surface area contributed by atoms with Crippen LogP contribution < -0.4 is 15.4 Å². The van der Waals surface area contributed by atoms with Crippen LogP contribution in [0.15, 0.2) is 54.6 Å². The Morgan fingerprint density at radius 1 is 1.00 bits per heavy atom. The molecule has 2 rings (SSSR count). The summed E-state index contributed by atoms with van der Waals surface area (Å²) in [5, 5.41) is 5.26. The highest BCUT2D eigenvalue weighted by atomic mass is 16.5. The summed E-state index contributed by atoms with van der Waals surface area (Å²) in [4.78, 5) is 23.6. The van der Waals surface area contributed by atoms with E-state index in [0.29, 0.717) is 17.0 Å². The number of amides is 2. The van der Waals surface area contributed by atoms with Gasteiger partial charge in [-0.25, -0.2) is 0 Å². The van der Waals surface area contributed by atoms with E-state index in [2.05, 4.69) is 10.6 Å². The highest BCUT2D eigenvalue weighted by molar-refractivity contribution is 5.99. The number of ether oxygens (including phenoxy) is 1. The highest BCUT2D eigenvalue weighted by Gasteiger charge is 2.08. The zero-order chi connectivity index (χ0) is 15.1. The third-order valence-corrected chi connectivity index (χ3v) is 2.82. The van der Waals surface area contributed by atoms with Crippen LogP contribution in [-0.2, 0) is 4.79 Å². The molecule has 0 radical (unpaired) electrons. The summed E-state index contributed by atoms with van der Waals surface area (Å²) in [5.41, 5.74) is 1.17. The Bertz CT molecular complexity index is 609. The molecule has 108 valence electrons. The zero-order valence-corrected chi connectivity index (χ0v) is 11.6. The maximum absolute atomic E-state index is 11.9. The normalized spacial score (nSPS) is 9.76. The number of carbonyl (C=O) groups is 2. The first-order chi connectivity index (χ1) is 10.2. The fourth-order valence-electron chi connectivity index (χ4n) is 1.73. The molecule has 0 saturated carbocycles. The van der Waals surface area contributed by atoms with Crippen LogP contribution in [0.5, 0.6) is 5.75 Å². The quantitative estimate of drug-likeness (QED) is 0.883. The number of para-hydroxylation sites is 1. The Hall–Kier alpha value is -2.82. The molecular formula is C16H16N2O3. The number of benzene rings is 2. The summed E-state index contributed by atoms with van der Waals surface area (Å²) in [6.07, 6.45) is 0. The second-order valence-corrected chi connectivity index (χ2v) is 4.33. The largest absolute Gasteiger partial charge is 0.497 e.